The fraction of sp³-hybridized carbons (Fsp3) is 0.636. The minimum absolute atomic E-state index is 0.0250. The van der Waals surface area contributed by atoms with Crippen molar-refractivity contribution in [1.29, 1.82) is 0 Å². The second-order valence-electron chi connectivity index (χ2n) is 4.92. The van der Waals surface area contributed by atoms with Gasteiger partial charge in [0, 0.05) is 5.69 Å². The summed E-state index contributed by atoms with van der Waals surface area (Å²) in [7, 11) is -3.01. The molecule has 0 saturated carbocycles. The van der Waals surface area contributed by atoms with Crippen molar-refractivity contribution in [1.82, 2.24) is 9.78 Å². The molecule has 0 amide bonds. The summed E-state index contributed by atoms with van der Waals surface area (Å²) in [4.78, 5) is 10.9. The fourth-order valence-corrected chi connectivity index (χ4v) is 3.90. The number of hydrogen-bond donors (Lipinski definition) is 1. The highest BCUT2D eigenvalue weighted by molar-refractivity contribution is 7.91. The number of carbonyl (C=O) groups is 1. The van der Waals surface area contributed by atoms with Crippen LogP contribution in [0, 0.1) is 0 Å². The van der Waals surface area contributed by atoms with E-state index < -0.39 is 15.8 Å². The van der Waals surface area contributed by atoms with Crippen molar-refractivity contribution >= 4 is 15.8 Å². The van der Waals surface area contributed by atoms with Crippen molar-refractivity contribution in [2.75, 3.05) is 11.5 Å². The molecule has 2 rings (SSSR count). The van der Waals surface area contributed by atoms with Gasteiger partial charge in [-0.15, -0.1) is 0 Å². The van der Waals surface area contributed by atoms with Gasteiger partial charge in [-0.1, -0.05) is 13.8 Å². The van der Waals surface area contributed by atoms with Gasteiger partial charge in [-0.2, -0.15) is 5.10 Å². The molecule has 1 atom stereocenters. The van der Waals surface area contributed by atoms with Crippen LogP contribution in [0.2, 0.25) is 0 Å². The zero-order valence-electron chi connectivity index (χ0n) is 10.3. The molecule has 6 nitrogen and oxygen atoms in total. The van der Waals surface area contributed by atoms with Crippen LogP contribution in [0.1, 0.15) is 48.4 Å². The molecule has 2 heterocycles. The average Bonchev–Trinajstić information content (AvgIpc) is 2.80. The van der Waals surface area contributed by atoms with Crippen LogP contribution >= 0.6 is 0 Å². The normalized spacial score (nSPS) is 22.5. The van der Waals surface area contributed by atoms with Crippen LogP contribution in [0.3, 0.4) is 0 Å². The third-order valence-corrected chi connectivity index (χ3v) is 4.88. The number of nitrogens with zero attached hydrogens (tertiary/aromatic N) is 2. The summed E-state index contributed by atoms with van der Waals surface area (Å²) in [6.45, 7) is 3.87. The highest BCUT2D eigenvalue weighted by Crippen LogP contribution is 2.27. The highest BCUT2D eigenvalue weighted by atomic mass is 32.2. The molecule has 1 aromatic rings. The zero-order valence-corrected chi connectivity index (χ0v) is 11.1. The molecular formula is C11H16N2O4S. The molecule has 0 bridgehead atoms. The Labute approximate surface area is 106 Å². The summed E-state index contributed by atoms with van der Waals surface area (Å²) >= 11 is 0. The summed E-state index contributed by atoms with van der Waals surface area (Å²) in [5.41, 5.74) is 0.748. The summed E-state index contributed by atoms with van der Waals surface area (Å²) < 4.78 is 24.5. The molecule has 1 aromatic heterocycles. The Kier molecular flexibility index (Phi) is 3.18. The first-order chi connectivity index (χ1) is 8.30. The van der Waals surface area contributed by atoms with Gasteiger partial charge < -0.3 is 5.11 Å². The molecule has 100 valence electrons. The van der Waals surface area contributed by atoms with E-state index >= 15 is 0 Å². The van der Waals surface area contributed by atoms with E-state index in [0.29, 0.717) is 6.42 Å². The monoisotopic (exact) mass is 272 g/mol. The van der Waals surface area contributed by atoms with Crippen LogP contribution in [-0.2, 0) is 9.84 Å². The number of rotatable bonds is 3. The Morgan fingerprint density at radius 3 is 2.67 bits per heavy atom. The van der Waals surface area contributed by atoms with Crippen molar-refractivity contribution in [3.63, 3.8) is 0 Å². The van der Waals surface area contributed by atoms with Gasteiger partial charge in [0.1, 0.15) is 0 Å². The summed E-state index contributed by atoms with van der Waals surface area (Å²) in [6.07, 6.45) is 0.503. The smallest absolute Gasteiger partial charge is 0.356 e. The van der Waals surface area contributed by atoms with Gasteiger partial charge in [-0.25, -0.2) is 13.2 Å². The maximum Gasteiger partial charge on any atom is 0.356 e. The van der Waals surface area contributed by atoms with Gasteiger partial charge in [-0.3, -0.25) is 4.68 Å². The SMILES string of the molecule is CC(C)c1cc(C(=O)O)nn1[C@@H]1CCS(=O)(=O)C1. The van der Waals surface area contributed by atoms with Gasteiger partial charge in [0.05, 0.1) is 17.5 Å². The molecule has 7 heteroatoms. The zero-order chi connectivity index (χ0) is 13.5. The molecule has 0 spiro atoms. The molecule has 1 saturated heterocycles. The fourth-order valence-electron chi connectivity index (χ4n) is 2.21. The van der Waals surface area contributed by atoms with E-state index in [1.165, 1.54) is 6.07 Å². The van der Waals surface area contributed by atoms with Crippen LogP contribution in [0.15, 0.2) is 6.07 Å². The molecule has 0 aromatic carbocycles. The first-order valence-electron chi connectivity index (χ1n) is 5.83. The van der Waals surface area contributed by atoms with E-state index in [0.717, 1.165) is 5.69 Å². The molecule has 1 aliphatic heterocycles. The van der Waals surface area contributed by atoms with Crippen molar-refractivity contribution < 1.29 is 18.3 Å². The van der Waals surface area contributed by atoms with Crippen LogP contribution in [0.5, 0.6) is 0 Å². The van der Waals surface area contributed by atoms with Crippen molar-refractivity contribution in [2.45, 2.75) is 32.2 Å². The molecule has 1 aliphatic rings. The maximum absolute atomic E-state index is 11.5. The lowest BCUT2D eigenvalue weighted by atomic mass is 10.1. The second kappa shape index (κ2) is 4.38. The highest BCUT2D eigenvalue weighted by Gasteiger charge is 2.32. The number of sulfone groups is 1. The quantitative estimate of drug-likeness (QED) is 0.888. The van der Waals surface area contributed by atoms with Crippen molar-refractivity contribution in [3.05, 3.63) is 17.5 Å². The van der Waals surface area contributed by atoms with E-state index in [1.54, 1.807) is 4.68 Å². The molecule has 1 fully saturated rings. The largest absolute Gasteiger partial charge is 0.476 e. The van der Waals surface area contributed by atoms with E-state index in [-0.39, 0.29) is 29.2 Å². The molecular weight excluding hydrogens is 256 g/mol. The van der Waals surface area contributed by atoms with Gasteiger partial charge >= 0.3 is 5.97 Å². The van der Waals surface area contributed by atoms with E-state index in [1.807, 2.05) is 13.8 Å². The lowest BCUT2D eigenvalue weighted by molar-refractivity contribution is 0.0689. The number of aromatic carboxylic acids is 1. The topological polar surface area (TPSA) is 89.3 Å². The summed E-state index contributed by atoms with van der Waals surface area (Å²) in [5.74, 6) is -0.782. The van der Waals surface area contributed by atoms with Crippen LogP contribution in [0.4, 0.5) is 0 Å². The Bertz CT molecular complexity index is 574. The summed E-state index contributed by atoms with van der Waals surface area (Å²) in [6, 6.07) is 1.29. The van der Waals surface area contributed by atoms with Crippen LogP contribution in [-0.4, -0.2) is 40.8 Å². The minimum atomic E-state index is -3.01. The molecule has 1 N–H and O–H groups in total. The van der Waals surface area contributed by atoms with E-state index in [9.17, 15) is 13.2 Å². The second-order valence-corrected chi connectivity index (χ2v) is 7.14. The first-order valence-corrected chi connectivity index (χ1v) is 7.65. The average molecular weight is 272 g/mol. The van der Waals surface area contributed by atoms with E-state index in [4.69, 9.17) is 5.11 Å². The standard InChI is InChI=1S/C11H16N2O4S/c1-7(2)10-5-9(11(14)15)12-13(10)8-3-4-18(16,17)6-8/h5,7-8H,3-4,6H2,1-2H3,(H,14,15)/t8-/m1/s1. The van der Waals surface area contributed by atoms with Crippen molar-refractivity contribution in [2.24, 2.45) is 0 Å². The third-order valence-electron chi connectivity index (χ3n) is 3.13. The van der Waals surface area contributed by atoms with Gasteiger partial charge in [0.25, 0.3) is 0 Å². The van der Waals surface area contributed by atoms with Crippen LogP contribution in [0.25, 0.3) is 0 Å². The molecule has 0 aliphatic carbocycles. The van der Waals surface area contributed by atoms with Crippen LogP contribution < -0.4 is 0 Å². The molecule has 0 unspecified atom stereocenters. The van der Waals surface area contributed by atoms with Gasteiger partial charge in [-0.05, 0) is 18.4 Å². The maximum atomic E-state index is 11.5. The number of aromatic nitrogens is 2. The molecule has 0 radical (unpaired) electrons. The Hall–Kier alpha value is -1.37. The molecule has 18 heavy (non-hydrogen) atoms. The lowest BCUT2D eigenvalue weighted by Gasteiger charge is -2.14. The predicted molar refractivity (Wildman–Crippen MR) is 65.6 cm³/mol. The Morgan fingerprint density at radius 2 is 2.22 bits per heavy atom. The predicted octanol–water partition coefficient (Wildman–Crippen LogP) is 1.06. The lowest BCUT2D eigenvalue weighted by Crippen LogP contribution is -2.16. The number of hydrogen-bond acceptors (Lipinski definition) is 4. The number of carboxylic acid groups (broad SMARTS) is 1. The Balaban J connectivity index is 2.40. The van der Waals surface area contributed by atoms with Gasteiger partial charge in [0.2, 0.25) is 0 Å². The first kappa shape index (κ1) is 13.1. The van der Waals surface area contributed by atoms with E-state index in [2.05, 4.69) is 5.10 Å². The number of carboxylic acids is 1. The van der Waals surface area contributed by atoms with Gasteiger partial charge in [0.15, 0.2) is 15.5 Å². The van der Waals surface area contributed by atoms with Crippen molar-refractivity contribution in [3.8, 4) is 0 Å². The minimum Gasteiger partial charge on any atom is -0.476 e. The Morgan fingerprint density at radius 1 is 1.56 bits per heavy atom. The summed E-state index contributed by atoms with van der Waals surface area (Å²) in [5, 5.41) is 13.0. The third kappa shape index (κ3) is 2.40.